The number of carbonyl (C=O) groups excluding carboxylic acids is 1. The van der Waals surface area contributed by atoms with Crippen molar-refractivity contribution < 1.29 is 13.9 Å². The van der Waals surface area contributed by atoms with Gasteiger partial charge in [0.25, 0.3) is 5.91 Å². The first-order valence-electron chi connectivity index (χ1n) is 10.6. The van der Waals surface area contributed by atoms with Gasteiger partial charge < -0.3 is 14.1 Å². The third-order valence-corrected chi connectivity index (χ3v) is 5.68. The second kappa shape index (κ2) is 8.43. The molecule has 32 heavy (non-hydrogen) atoms. The first-order chi connectivity index (χ1) is 15.6. The molecule has 3 heterocycles. The van der Waals surface area contributed by atoms with Crippen LogP contribution in [0.15, 0.2) is 71.5 Å². The number of hydrogen-bond acceptors (Lipinski definition) is 5. The zero-order valence-electron chi connectivity index (χ0n) is 18.1. The molecule has 162 valence electrons. The van der Waals surface area contributed by atoms with Crippen LogP contribution in [0, 0.1) is 6.92 Å². The molecule has 1 fully saturated rings. The average Bonchev–Trinajstić information content (AvgIpc) is 3.49. The summed E-state index contributed by atoms with van der Waals surface area (Å²) < 4.78 is 13.7. The third kappa shape index (κ3) is 3.94. The number of benzene rings is 2. The molecular formula is C25H24N4O3. The van der Waals surface area contributed by atoms with Gasteiger partial charge in [0.05, 0.1) is 31.1 Å². The van der Waals surface area contributed by atoms with Gasteiger partial charge in [0.1, 0.15) is 6.10 Å². The van der Waals surface area contributed by atoms with Crippen LogP contribution in [0.4, 0.5) is 0 Å². The van der Waals surface area contributed by atoms with Gasteiger partial charge in [0, 0.05) is 36.5 Å². The van der Waals surface area contributed by atoms with Crippen molar-refractivity contribution in [3.05, 3.63) is 83.8 Å². The number of carbonyl (C=O) groups is 1. The van der Waals surface area contributed by atoms with E-state index in [1.54, 1.807) is 17.1 Å². The number of aryl methyl sites for hydroxylation is 2. The number of rotatable bonds is 4. The molecule has 0 N–H and O–H groups in total. The summed E-state index contributed by atoms with van der Waals surface area (Å²) in [6, 6.07) is 15.5. The maximum Gasteiger partial charge on any atom is 0.254 e. The van der Waals surface area contributed by atoms with Crippen LogP contribution in [-0.4, -0.2) is 45.3 Å². The van der Waals surface area contributed by atoms with Crippen LogP contribution in [0.5, 0.6) is 0 Å². The number of ether oxygens (including phenoxy) is 1. The third-order valence-electron chi connectivity index (χ3n) is 5.68. The van der Waals surface area contributed by atoms with E-state index in [1.165, 1.54) is 5.56 Å². The molecule has 4 aromatic rings. The van der Waals surface area contributed by atoms with Crippen molar-refractivity contribution in [2.24, 2.45) is 7.05 Å². The lowest BCUT2D eigenvalue weighted by atomic mass is 10.0. The van der Waals surface area contributed by atoms with E-state index in [9.17, 15) is 4.79 Å². The number of oxazole rings is 1. The first kappa shape index (κ1) is 20.2. The van der Waals surface area contributed by atoms with Crippen LogP contribution >= 0.6 is 0 Å². The van der Waals surface area contributed by atoms with E-state index in [2.05, 4.69) is 10.1 Å². The molecule has 1 amide bonds. The Bertz CT molecular complexity index is 1240. The zero-order chi connectivity index (χ0) is 22.1. The summed E-state index contributed by atoms with van der Waals surface area (Å²) in [6.07, 6.45) is 5.22. The Hall–Kier alpha value is -3.71. The molecule has 1 saturated heterocycles. The Morgan fingerprint density at radius 1 is 1.09 bits per heavy atom. The fourth-order valence-electron chi connectivity index (χ4n) is 3.92. The lowest BCUT2D eigenvalue weighted by Crippen LogP contribution is -2.42. The molecule has 0 spiro atoms. The highest BCUT2D eigenvalue weighted by molar-refractivity contribution is 6.00. The summed E-state index contributed by atoms with van der Waals surface area (Å²) >= 11 is 0. The Morgan fingerprint density at radius 2 is 1.91 bits per heavy atom. The fourth-order valence-corrected chi connectivity index (χ4v) is 3.92. The fraction of sp³-hybridized carbons (Fsp3) is 0.240. The summed E-state index contributed by atoms with van der Waals surface area (Å²) in [5.74, 6) is 1.04. The molecule has 7 nitrogen and oxygen atoms in total. The molecular weight excluding hydrogens is 404 g/mol. The molecule has 0 bridgehead atoms. The number of aromatic nitrogens is 3. The normalized spacial score (nSPS) is 16.3. The minimum Gasteiger partial charge on any atom is -0.436 e. The Balaban J connectivity index is 1.41. The summed E-state index contributed by atoms with van der Waals surface area (Å²) in [4.78, 5) is 19.8. The van der Waals surface area contributed by atoms with E-state index < -0.39 is 0 Å². The molecule has 2 aromatic carbocycles. The second-order valence-electron chi connectivity index (χ2n) is 8.00. The number of nitrogens with zero attached hydrogens (tertiary/aromatic N) is 4. The summed E-state index contributed by atoms with van der Waals surface area (Å²) in [7, 11) is 1.87. The van der Waals surface area contributed by atoms with E-state index in [0.717, 1.165) is 11.1 Å². The van der Waals surface area contributed by atoms with Gasteiger partial charge in [-0.2, -0.15) is 5.10 Å². The first-order valence-corrected chi connectivity index (χ1v) is 10.6. The Labute approximate surface area is 186 Å². The quantitative estimate of drug-likeness (QED) is 0.486. The van der Waals surface area contributed by atoms with Crippen molar-refractivity contribution in [2.45, 2.75) is 13.0 Å². The number of amides is 1. The Kier molecular flexibility index (Phi) is 5.33. The van der Waals surface area contributed by atoms with Gasteiger partial charge in [-0.05, 0) is 19.1 Å². The SMILES string of the molecule is Cc1ccc(-c2cnc(-c3ccccc3C(=O)N3CCO[C@@H](c4cnn(C)c4)C3)o2)cc1. The van der Waals surface area contributed by atoms with E-state index in [-0.39, 0.29) is 12.0 Å². The highest BCUT2D eigenvalue weighted by atomic mass is 16.5. The summed E-state index contributed by atoms with van der Waals surface area (Å²) in [5.41, 5.74) is 4.34. The van der Waals surface area contributed by atoms with Gasteiger partial charge >= 0.3 is 0 Å². The topological polar surface area (TPSA) is 73.4 Å². The van der Waals surface area contributed by atoms with Crippen molar-refractivity contribution in [2.75, 3.05) is 19.7 Å². The van der Waals surface area contributed by atoms with Crippen LogP contribution < -0.4 is 0 Å². The van der Waals surface area contributed by atoms with Gasteiger partial charge in [-0.25, -0.2) is 4.98 Å². The van der Waals surface area contributed by atoms with Crippen LogP contribution in [0.25, 0.3) is 22.8 Å². The molecule has 1 atom stereocenters. The van der Waals surface area contributed by atoms with Gasteiger partial charge in [-0.1, -0.05) is 42.0 Å². The molecule has 1 aliphatic heterocycles. The lowest BCUT2D eigenvalue weighted by Gasteiger charge is -2.33. The van der Waals surface area contributed by atoms with Crippen LogP contribution in [0.3, 0.4) is 0 Å². The largest absolute Gasteiger partial charge is 0.436 e. The maximum absolute atomic E-state index is 13.5. The molecule has 5 rings (SSSR count). The molecule has 0 radical (unpaired) electrons. The van der Waals surface area contributed by atoms with E-state index in [4.69, 9.17) is 9.15 Å². The van der Waals surface area contributed by atoms with Crippen molar-refractivity contribution in [1.29, 1.82) is 0 Å². The summed E-state index contributed by atoms with van der Waals surface area (Å²) in [6.45, 7) is 3.52. The van der Waals surface area contributed by atoms with Crippen LogP contribution in [-0.2, 0) is 11.8 Å². The van der Waals surface area contributed by atoms with E-state index >= 15 is 0 Å². The van der Waals surface area contributed by atoms with Gasteiger partial charge in [-0.15, -0.1) is 0 Å². The van der Waals surface area contributed by atoms with Gasteiger partial charge in [0.2, 0.25) is 5.89 Å². The van der Waals surface area contributed by atoms with E-state index in [1.807, 2.05) is 73.6 Å². The van der Waals surface area contributed by atoms with Crippen LogP contribution in [0.1, 0.15) is 27.6 Å². The maximum atomic E-state index is 13.5. The van der Waals surface area contributed by atoms with E-state index in [0.29, 0.717) is 42.5 Å². The average molecular weight is 428 g/mol. The number of morpholine rings is 1. The zero-order valence-corrected chi connectivity index (χ0v) is 18.1. The molecule has 0 aliphatic carbocycles. The Morgan fingerprint density at radius 3 is 2.69 bits per heavy atom. The highest BCUT2D eigenvalue weighted by Gasteiger charge is 2.28. The standard InChI is InChI=1S/C25H24N4O3/c1-17-7-9-18(10-8-17)22-14-26-24(32-22)20-5-3-4-6-21(20)25(30)29-11-12-31-23(16-29)19-13-27-28(2)15-19/h3-10,13-15,23H,11-12,16H2,1-2H3/t23-/m1/s1. The predicted molar refractivity (Wildman–Crippen MR) is 120 cm³/mol. The van der Waals surface area contributed by atoms with Crippen molar-refractivity contribution >= 4 is 5.91 Å². The van der Waals surface area contributed by atoms with Crippen molar-refractivity contribution in [3.8, 4) is 22.8 Å². The molecule has 0 saturated carbocycles. The molecule has 1 aliphatic rings. The van der Waals surface area contributed by atoms with Crippen molar-refractivity contribution in [1.82, 2.24) is 19.7 Å². The monoisotopic (exact) mass is 428 g/mol. The molecule has 2 aromatic heterocycles. The van der Waals surface area contributed by atoms with Crippen molar-refractivity contribution in [3.63, 3.8) is 0 Å². The highest BCUT2D eigenvalue weighted by Crippen LogP contribution is 2.30. The minimum atomic E-state index is -0.191. The lowest BCUT2D eigenvalue weighted by molar-refractivity contribution is -0.0228. The van der Waals surface area contributed by atoms with Gasteiger partial charge in [-0.3, -0.25) is 9.48 Å². The van der Waals surface area contributed by atoms with Gasteiger partial charge in [0.15, 0.2) is 5.76 Å². The number of hydrogen-bond donors (Lipinski definition) is 0. The second-order valence-corrected chi connectivity index (χ2v) is 8.00. The van der Waals surface area contributed by atoms with Crippen LogP contribution in [0.2, 0.25) is 0 Å². The smallest absolute Gasteiger partial charge is 0.254 e. The molecule has 7 heteroatoms. The summed E-state index contributed by atoms with van der Waals surface area (Å²) in [5, 5.41) is 4.22. The predicted octanol–water partition coefficient (Wildman–Crippen LogP) is 4.26. The molecule has 0 unspecified atom stereocenters. The minimum absolute atomic E-state index is 0.0622.